The topological polar surface area (TPSA) is 0 Å². The summed E-state index contributed by atoms with van der Waals surface area (Å²) < 4.78 is 0. The van der Waals surface area contributed by atoms with Gasteiger partial charge in [-0.15, -0.1) is 0 Å². The summed E-state index contributed by atoms with van der Waals surface area (Å²) >= 11 is 0. The maximum absolute atomic E-state index is 2.38. The highest BCUT2D eigenvalue weighted by Crippen LogP contribution is 2.40. The quantitative estimate of drug-likeness (QED) is 0.427. The monoisotopic (exact) mass is 252 g/mol. The van der Waals surface area contributed by atoms with Crippen LogP contribution in [0.15, 0.2) is 0 Å². The van der Waals surface area contributed by atoms with Crippen LogP contribution in [0, 0.1) is 17.8 Å². The molecule has 3 atom stereocenters. The lowest BCUT2D eigenvalue weighted by molar-refractivity contribution is 0.177. The van der Waals surface area contributed by atoms with Gasteiger partial charge in [0, 0.05) is 0 Å². The van der Waals surface area contributed by atoms with E-state index in [9.17, 15) is 0 Å². The molecule has 1 rings (SSSR count). The Bertz CT molecular complexity index is 184. The minimum absolute atomic E-state index is 1.05. The molecule has 0 N–H and O–H groups in total. The summed E-state index contributed by atoms with van der Waals surface area (Å²) in [6, 6.07) is 0. The van der Waals surface area contributed by atoms with Gasteiger partial charge in [-0.2, -0.15) is 0 Å². The van der Waals surface area contributed by atoms with E-state index in [1.807, 2.05) is 0 Å². The molecule has 0 aromatic heterocycles. The Morgan fingerprint density at radius 2 is 1.61 bits per heavy atom. The zero-order valence-electron chi connectivity index (χ0n) is 13.2. The summed E-state index contributed by atoms with van der Waals surface area (Å²) in [5.74, 6) is 3.18. The van der Waals surface area contributed by atoms with Crippen molar-refractivity contribution in [3.8, 4) is 0 Å². The lowest BCUT2D eigenvalue weighted by Gasteiger charge is -2.33. The van der Waals surface area contributed by atoms with Crippen molar-refractivity contribution in [2.24, 2.45) is 17.8 Å². The van der Waals surface area contributed by atoms with Crippen LogP contribution in [-0.4, -0.2) is 0 Å². The third-order valence-corrected chi connectivity index (χ3v) is 5.07. The van der Waals surface area contributed by atoms with Gasteiger partial charge in [-0.3, -0.25) is 0 Å². The van der Waals surface area contributed by atoms with E-state index in [0.29, 0.717) is 0 Å². The van der Waals surface area contributed by atoms with Crippen molar-refractivity contribution in [1.29, 1.82) is 0 Å². The molecular formula is C18H36. The normalized spacial score (nSPS) is 26.8. The average molecular weight is 252 g/mol. The maximum Gasteiger partial charge on any atom is -0.0357 e. The summed E-state index contributed by atoms with van der Waals surface area (Å²) in [6.45, 7) is 7.10. The molecule has 1 fully saturated rings. The largest absolute Gasteiger partial charge is 0.0654 e. The van der Waals surface area contributed by atoms with Gasteiger partial charge in [0.1, 0.15) is 0 Å². The first-order valence-electron chi connectivity index (χ1n) is 8.83. The predicted octanol–water partition coefficient (Wildman–Crippen LogP) is 6.59. The van der Waals surface area contributed by atoms with Crippen LogP contribution in [0.4, 0.5) is 0 Å². The fourth-order valence-electron chi connectivity index (χ4n) is 4.17. The molecule has 0 radical (unpaired) electrons. The molecule has 0 saturated heterocycles. The molecule has 0 bridgehead atoms. The molecule has 0 aliphatic heterocycles. The van der Waals surface area contributed by atoms with E-state index in [0.717, 1.165) is 17.8 Å². The highest BCUT2D eigenvalue weighted by Gasteiger charge is 2.29. The van der Waals surface area contributed by atoms with Crippen molar-refractivity contribution in [2.45, 2.75) is 97.8 Å². The second-order valence-corrected chi connectivity index (χ2v) is 6.54. The van der Waals surface area contributed by atoms with E-state index in [1.165, 1.54) is 70.6 Å². The minimum Gasteiger partial charge on any atom is -0.0654 e. The van der Waals surface area contributed by atoms with Crippen molar-refractivity contribution in [2.75, 3.05) is 0 Å². The molecule has 0 heterocycles. The zero-order chi connectivity index (χ0) is 13.2. The molecule has 0 aromatic carbocycles. The van der Waals surface area contributed by atoms with Crippen LogP contribution in [0.1, 0.15) is 97.8 Å². The van der Waals surface area contributed by atoms with Crippen LogP contribution < -0.4 is 0 Å². The predicted molar refractivity (Wildman–Crippen MR) is 82.9 cm³/mol. The van der Waals surface area contributed by atoms with Crippen molar-refractivity contribution >= 4 is 0 Å². The van der Waals surface area contributed by atoms with Gasteiger partial charge in [-0.05, 0) is 24.2 Å². The van der Waals surface area contributed by atoms with E-state index in [-0.39, 0.29) is 0 Å². The van der Waals surface area contributed by atoms with E-state index < -0.39 is 0 Å². The van der Waals surface area contributed by atoms with Gasteiger partial charge in [0.2, 0.25) is 0 Å². The molecular weight excluding hydrogens is 216 g/mol. The lowest BCUT2D eigenvalue weighted by atomic mass is 9.73. The van der Waals surface area contributed by atoms with Gasteiger partial charge in [0.05, 0.1) is 0 Å². The van der Waals surface area contributed by atoms with Gasteiger partial charge < -0.3 is 0 Å². The van der Waals surface area contributed by atoms with Crippen LogP contribution in [0.25, 0.3) is 0 Å². The van der Waals surface area contributed by atoms with Crippen LogP contribution in [-0.2, 0) is 0 Å². The molecule has 0 aromatic rings. The van der Waals surface area contributed by atoms with Gasteiger partial charge in [0.25, 0.3) is 0 Å². The number of rotatable bonds is 8. The van der Waals surface area contributed by atoms with E-state index in [1.54, 1.807) is 6.42 Å². The Morgan fingerprint density at radius 1 is 0.833 bits per heavy atom. The molecule has 1 aliphatic rings. The first-order valence-corrected chi connectivity index (χ1v) is 8.83. The lowest BCUT2D eigenvalue weighted by Crippen LogP contribution is -2.23. The molecule has 0 nitrogen and oxygen atoms in total. The van der Waals surface area contributed by atoms with Crippen LogP contribution >= 0.6 is 0 Å². The molecule has 1 aliphatic carbocycles. The Hall–Kier alpha value is 0. The van der Waals surface area contributed by atoms with Gasteiger partial charge in [-0.25, -0.2) is 0 Å². The molecule has 1 saturated carbocycles. The number of unbranched alkanes of at least 4 members (excludes halogenated alkanes) is 1. The summed E-state index contributed by atoms with van der Waals surface area (Å²) in [7, 11) is 0. The van der Waals surface area contributed by atoms with Crippen LogP contribution in [0.5, 0.6) is 0 Å². The van der Waals surface area contributed by atoms with E-state index in [2.05, 4.69) is 20.8 Å². The minimum atomic E-state index is 1.05. The summed E-state index contributed by atoms with van der Waals surface area (Å²) in [4.78, 5) is 0. The number of hydrogen-bond acceptors (Lipinski definition) is 0. The van der Waals surface area contributed by atoms with E-state index >= 15 is 0 Å². The zero-order valence-corrected chi connectivity index (χ0v) is 13.2. The standard InChI is InChI=1S/C18H36/c1-4-7-13-16(11-5-2)18-15-10-8-9-14-17(18)12-6-3/h16-18H,4-15H2,1-3H3. The van der Waals surface area contributed by atoms with Crippen molar-refractivity contribution in [3.05, 3.63) is 0 Å². The first kappa shape index (κ1) is 16.1. The molecule has 3 unspecified atom stereocenters. The molecule has 0 spiro atoms. The van der Waals surface area contributed by atoms with Gasteiger partial charge >= 0.3 is 0 Å². The van der Waals surface area contributed by atoms with Gasteiger partial charge in [0.15, 0.2) is 0 Å². The highest BCUT2D eigenvalue weighted by atomic mass is 14.3. The maximum atomic E-state index is 2.38. The molecule has 0 heteroatoms. The summed E-state index contributed by atoms with van der Waals surface area (Å²) in [5.41, 5.74) is 0. The second kappa shape index (κ2) is 9.87. The molecule has 18 heavy (non-hydrogen) atoms. The Balaban J connectivity index is 2.62. The van der Waals surface area contributed by atoms with Crippen LogP contribution in [0.2, 0.25) is 0 Å². The SMILES string of the molecule is CCCCC(CCC)C1CCCCCC1CCC. The Labute approximate surface area is 116 Å². The summed E-state index contributed by atoms with van der Waals surface area (Å²) in [5, 5.41) is 0. The van der Waals surface area contributed by atoms with Crippen LogP contribution in [0.3, 0.4) is 0 Å². The fourth-order valence-corrected chi connectivity index (χ4v) is 4.17. The third kappa shape index (κ3) is 5.33. The van der Waals surface area contributed by atoms with Gasteiger partial charge in [-0.1, -0.05) is 91.4 Å². The Kier molecular flexibility index (Phi) is 8.80. The average Bonchev–Trinajstić information content (AvgIpc) is 2.61. The number of hydrogen-bond donors (Lipinski definition) is 0. The molecule has 0 amide bonds. The smallest absolute Gasteiger partial charge is 0.0357 e. The van der Waals surface area contributed by atoms with Crippen molar-refractivity contribution in [1.82, 2.24) is 0 Å². The third-order valence-electron chi connectivity index (χ3n) is 5.07. The first-order chi connectivity index (χ1) is 8.83. The fraction of sp³-hybridized carbons (Fsp3) is 1.00. The second-order valence-electron chi connectivity index (χ2n) is 6.54. The van der Waals surface area contributed by atoms with E-state index in [4.69, 9.17) is 0 Å². The van der Waals surface area contributed by atoms with Crippen molar-refractivity contribution < 1.29 is 0 Å². The molecule has 108 valence electrons. The van der Waals surface area contributed by atoms with Crippen molar-refractivity contribution in [3.63, 3.8) is 0 Å². The summed E-state index contributed by atoms with van der Waals surface area (Å²) in [6.07, 6.45) is 17.7. The Morgan fingerprint density at radius 3 is 2.28 bits per heavy atom. The highest BCUT2D eigenvalue weighted by molar-refractivity contribution is 4.80.